The molecule has 1 aromatic rings. The molecule has 0 amide bonds. The topological polar surface area (TPSA) is 9.23 Å². The Bertz CT molecular complexity index is 279. The van der Waals surface area contributed by atoms with Crippen LogP contribution in [0.3, 0.4) is 0 Å². The molecule has 1 rings (SSSR count). The highest BCUT2D eigenvalue weighted by Crippen LogP contribution is 2.15. The standard InChI is InChI=1S/C10H10BrFO/c1-2-3-13-7-8-4-9(11)6-10(12)5-8/h2,4-6H,1,3,7H2. The van der Waals surface area contributed by atoms with Gasteiger partial charge in [-0.3, -0.25) is 0 Å². The Hall–Kier alpha value is -0.670. The molecule has 0 heterocycles. The summed E-state index contributed by atoms with van der Waals surface area (Å²) < 4.78 is 18.7. The van der Waals surface area contributed by atoms with Gasteiger partial charge in [0.25, 0.3) is 0 Å². The zero-order chi connectivity index (χ0) is 9.68. The third-order valence-corrected chi connectivity index (χ3v) is 1.88. The summed E-state index contributed by atoms with van der Waals surface area (Å²) in [6, 6.07) is 4.69. The summed E-state index contributed by atoms with van der Waals surface area (Å²) in [5.74, 6) is -0.258. The van der Waals surface area contributed by atoms with Gasteiger partial charge in [0.15, 0.2) is 0 Å². The maximum absolute atomic E-state index is 12.8. The van der Waals surface area contributed by atoms with Crippen molar-refractivity contribution in [3.05, 3.63) is 46.7 Å². The van der Waals surface area contributed by atoms with Crippen LogP contribution in [0.15, 0.2) is 35.3 Å². The average molecular weight is 245 g/mol. The summed E-state index contributed by atoms with van der Waals surface area (Å²) in [7, 11) is 0. The van der Waals surface area contributed by atoms with Gasteiger partial charge in [-0.1, -0.05) is 22.0 Å². The van der Waals surface area contributed by atoms with Crippen LogP contribution in [0.25, 0.3) is 0 Å². The minimum absolute atomic E-state index is 0.258. The highest BCUT2D eigenvalue weighted by atomic mass is 79.9. The second-order valence-corrected chi connectivity index (χ2v) is 3.50. The van der Waals surface area contributed by atoms with Crippen LogP contribution in [0.1, 0.15) is 5.56 Å². The number of benzene rings is 1. The highest BCUT2D eigenvalue weighted by Gasteiger charge is 1.98. The smallest absolute Gasteiger partial charge is 0.124 e. The summed E-state index contributed by atoms with van der Waals surface area (Å²) in [5, 5.41) is 0. The van der Waals surface area contributed by atoms with E-state index >= 15 is 0 Å². The Morgan fingerprint density at radius 2 is 2.23 bits per heavy atom. The van der Waals surface area contributed by atoms with Gasteiger partial charge in [0.2, 0.25) is 0 Å². The van der Waals surface area contributed by atoms with Crippen LogP contribution in [0.4, 0.5) is 4.39 Å². The molecule has 0 fully saturated rings. The third-order valence-electron chi connectivity index (χ3n) is 1.43. The fourth-order valence-electron chi connectivity index (χ4n) is 0.954. The zero-order valence-electron chi connectivity index (χ0n) is 7.09. The van der Waals surface area contributed by atoms with E-state index in [-0.39, 0.29) is 5.82 Å². The lowest BCUT2D eigenvalue weighted by Gasteiger charge is -2.02. The summed E-state index contributed by atoms with van der Waals surface area (Å²) in [6.07, 6.45) is 1.66. The lowest BCUT2D eigenvalue weighted by Crippen LogP contribution is -1.93. The quantitative estimate of drug-likeness (QED) is 0.584. The van der Waals surface area contributed by atoms with Crippen molar-refractivity contribution in [1.29, 1.82) is 0 Å². The van der Waals surface area contributed by atoms with Crippen LogP contribution in [-0.2, 0) is 11.3 Å². The summed E-state index contributed by atoms with van der Waals surface area (Å²) in [4.78, 5) is 0. The number of rotatable bonds is 4. The van der Waals surface area contributed by atoms with Crippen molar-refractivity contribution in [2.75, 3.05) is 6.61 Å². The van der Waals surface area contributed by atoms with Crippen molar-refractivity contribution in [2.24, 2.45) is 0 Å². The van der Waals surface area contributed by atoms with Crippen LogP contribution in [0, 0.1) is 5.82 Å². The SMILES string of the molecule is C=CCOCc1cc(F)cc(Br)c1. The molecule has 0 N–H and O–H groups in total. The summed E-state index contributed by atoms with van der Waals surface area (Å²) >= 11 is 3.21. The molecule has 3 heteroatoms. The Morgan fingerprint density at radius 3 is 2.85 bits per heavy atom. The minimum atomic E-state index is -0.258. The number of ether oxygens (including phenoxy) is 1. The largest absolute Gasteiger partial charge is 0.373 e. The normalized spacial score (nSPS) is 10.0. The Kier molecular flexibility index (Phi) is 4.12. The predicted octanol–water partition coefficient (Wildman–Crippen LogP) is 3.29. The van der Waals surface area contributed by atoms with Gasteiger partial charge in [-0.25, -0.2) is 4.39 Å². The summed E-state index contributed by atoms with van der Waals surface area (Å²) in [6.45, 7) is 4.40. The van der Waals surface area contributed by atoms with E-state index in [2.05, 4.69) is 22.5 Å². The van der Waals surface area contributed by atoms with E-state index in [9.17, 15) is 4.39 Å². The fourth-order valence-corrected chi connectivity index (χ4v) is 1.47. The lowest BCUT2D eigenvalue weighted by molar-refractivity contribution is 0.148. The van der Waals surface area contributed by atoms with Gasteiger partial charge in [0.1, 0.15) is 5.82 Å². The second kappa shape index (κ2) is 5.14. The van der Waals surface area contributed by atoms with E-state index in [1.807, 2.05) is 6.07 Å². The van der Waals surface area contributed by atoms with Gasteiger partial charge in [-0.05, 0) is 23.8 Å². The van der Waals surface area contributed by atoms with Gasteiger partial charge >= 0.3 is 0 Å². The average Bonchev–Trinajstić information content (AvgIpc) is 2.03. The maximum atomic E-state index is 12.8. The van der Waals surface area contributed by atoms with Crippen LogP contribution in [0.5, 0.6) is 0 Å². The van der Waals surface area contributed by atoms with Gasteiger partial charge in [-0.15, -0.1) is 6.58 Å². The van der Waals surface area contributed by atoms with Crippen molar-refractivity contribution in [1.82, 2.24) is 0 Å². The molecule has 0 aromatic heterocycles. The third kappa shape index (κ3) is 3.70. The van der Waals surface area contributed by atoms with E-state index in [1.165, 1.54) is 12.1 Å². The van der Waals surface area contributed by atoms with Gasteiger partial charge in [0.05, 0.1) is 13.2 Å². The van der Waals surface area contributed by atoms with Crippen molar-refractivity contribution in [3.8, 4) is 0 Å². The van der Waals surface area contributed by atoms with Crippen LogP contribution < -0.4 is 0 Å². The monoisotopic (exact) mass is 244 g/mol. The highest BCUT2D eigenvalue weighted by molar-refractivity contribution is 9.10. The molecule has 0 aliphatic rings. The first-order valence-corrected chi connectivity index (χ1v) is 4.65. The number of hydrogen-bond donors (Lipinski definition) is 0. The molecule has 0 saturated heterocycles. The van der Waals surface area contributed by atoms with Crippen LogP contribution >= 0.6 is 15.9 Å². The van der Waals surface area contributed by atoms with Gasteiger partial charge in [0, 0.05) is 4.47 Å². The molecule has 0 aliphatic carbocycles. The van der Waals surface area contributed by atoms with Crippen molar-refractivity contribution < 1.29 is 9.13 Å². The Morgan fingerprint density at radius 1 is 1.46 bits per heavy atom. The van der Waals surface area contributed by atoms with E-state index < -0.39 is 0 Å². The van der Waals surface area contributed by atoms with E-state index in [1.54, 1.807) is 6.08 Å². The van der Waals surface area contributed by atoms with E-state index in [0.717, 1.165) is 10.0 Å². The fraction of sp³-hybridized carbons (Fsp3) is 0.200. The molecular formula is C10H10BrFO. The molecule has 70 valence electrons. The van der Waals surface area contributed by atoms with Gasteiger partial charge in [-0.2, -0.15) is 0 Å². The zero-order valence-corrected chi connectivity index (χ0v) is 8.68. The lowest BCUT2D eigenvalue weighted by atomic mass is 10.2. The molecule has 0 atom stereocenters. The van der Waals surface area contributed by atoms with Crippen LogP contribution in [-0.4, -0.2) is 6.61 Å². The van der Waals surface area contributed by atoms with Gasteiger partial charge < -0.3 is 4.74 Å². The maximum Gasteiger partial charge on any atom is 0.124 e. The number of hydrogen-bond acceptors (Lipinski definition) is 1. The molecule has 13 heavy (non-hydrogen) atoms. The van der Waals surface area contributed by atoms with Crippen molar-refractivity contribution >= 4 is 15.9 Å². The molecule has 0 bridgehead atoms. The van der Waals surface area contributed by atoms with E-state index in [4.69, 9.17) is 4.74 Å². The molecule has 0 saturated carbocycles. The summed E-state index contributed by atoms with van der Waals surface area (Å²) in [5.41, 5.74) is 0.814. The van der Waals surface area contributed by atoms with E-state index in [0.29, 0.717) is 13.2 Å². The first-order chi connectivity index (χ1) is 6.22. The van der Waals surface area contributed by atoms with Crippen LogP contribution in [0.2, 0.25) is 0 Å². The molecular weight excluding hydrogens is 235 g/mol. The predicted molar refractivity (Wildman–Crippen MR) is 54.0 cm³/mol. The second-order valence-electron chi connectivity index (χ2n) is 2.58. The molecule has 0 spiro atoms. The number of halogens is 2. The molecule has 1 aromatic carbocycles. The Balaban J connectivity index is 2.60. The molecule has 0 radical (unpaired) electrons. The van der Waals surface area contributed by atoms with Crippen molar-refractivity contribution in [2.45, 2.75) is 6.61 Å². The van der Waals surface area contributed by atoms with Crippen molar-refractivity contribution in [3.63, 3.8) is 0 Å². The first kappa shape index (κ1) is 10.4. The minimum Gasteiger partial charge on any atom is -0.373 e. The molecule has 0 unspecified atom stereocenters. The molecule has 0 aliphatic heterocycles. The Labute approximate surface area is 85.3 Å². The molecule has 1 nitrogen and oxygen atoms in total. The first-order valence-electron chi connectivity index (χ1n) is 3.86.